The smallest absolute Gasteiger partial charge is 0.139 e. The first-order valence-corrected chi connectivity index (χ1v) is 10.8. The van der Waals surface area contributed by atoms with Crippen molar-refractivity contribution in [1.29, 1.82) is 0 Å². The highest BCUT2D eigenvalue weighted by atomic mass is 16.3. The van der Waals surface area contributed by atoms with Crippen LogP contribution in [0.3, 0.4) is 0 Å². The van der Waals surface area contributed by atoms with Crippen molar-refractivity contribution in [2.45, 2.75) is 40.0 Å². The molecule has 31 heavy (non-hydrogen) atoms. The van der Waals surface area contributed by atoms with Crippen LogP contribution in [0.25, 0.3) is 54.3 Å². The lowest BCUT2D eigenvalue weighted by atomic mass is 9.81. The molecule has 0 aliphatic carbocycles. The predicted molar refractivity (Wildman–Crippen MR) is 134 cm³/mol. The third-order valence-electron chi connectivity index (χ3n) is 6.56. The van der Waals surface area contributed by atoms with Gasteiger partial charge in [0.25, 0.3) is 0 Å². The molecular weight excluding hydrogens is 376 g/mol. The quantitative estimate of drug-likeness (QED) is 0.230. The molecule has 6 rings (SSSR count). The molecule has 1 aromatic heterocycles. The first kappa shape index (κ1) is 15.5. The lowest BCUT2D eigenvalue weighted by Crippen LogP contribution is -2.13. The maximum atomic E-state index is 8.39. The number of hydrogen-bond acceptors (Lipinski definition) is 1. The van der Waals surface area contributed by atoms with Crippen LogP contribution in [0.1, 0.15) is 41.6 Å². The Bertz CT molecular complexity index is 1740. The van der Waals surface area contributed by atoms with Gasteiger partial charge < -0.3 is 4.42 Å². The topological polar surface area (TPSA) is 13.1 Å². The zero-order chi connectivity index (χ0) is 24.0. The van der Waals surface area contributed by atoms with E-state index >= 15 is 0 Å². The molecule has 0 radical (unpaired) electrons. The van der Waals surface area contributed by atoms with Crippen molar-refractivity contribution >= 4 is 54.3 Å². The molecule has 6 aromatic rings. The number of furan rings is 1. The van der Waals surface area contributed by atoms with E-state index < -0.39 is 6.85 Å². The number of rotatable bonds is 0. The molecule has 0 aliphatic rings. The molecule has 0 saturated heterocycles. The molecule has 1 heteroatoms. The molecule has 0 aliphatic heterocycles. The first-order chi connectivity index (χ1) is 16.1. The fraction of sp³-hybridized carbons (Fsp3) is 0.200. The van der Waals surface area contributed by atoms with Crippen LogP contribution in [0.4, 0.5) is 0 Å². The van der Waals surface area contributed by atoms with Crippen LogP contribution in [-0.2, 0) is 5.41 Å². The molecule has 0 bridgehead atoms. The summed E-state index contributed by atoms with van der Waals surface area (Å²) in [5.74, 6) is 0. The van der Waals surface area contributed by atoms with Crippen LogP contribution >= 0.6 is 0 Å². The maximum Gasteiger partial charge on any atom is 0.139 e. The van der Waals surface area contributed by atoms with E-state index in [1.165, 1.54) is 5.39 Å². The lowest BCUT2D eigenvalue weighted by molar-refractivity contribution is 0.569. The van der Waals surface area contributed by atoms with Crippen molar-refractivity contribution < 1.29 is 8.53 Å². The molecule has 152 valence electrons. The summed E-state index contributed by atoms with van der Waals surface area (Å²) in [5.41, 5.74) is 3.59. The van der Waals surface area contributed by atoms with Crippen molar-refractivity contribution in [1.82, 2.24) is 0 Å². The third-order valence-corrected chi connectivity index (χ3v) is 6.56. The van der Waals surface area contributed by atoms with E-state index in [1.54, 1.807) is 0 Å². The average molecular weight is 406 g/mol. The van der Waals surface area contributed by atoms with E-state index in [1.807, 2.05) is 25.1 Å². The molecule has 0 spiro atoms. The van der Waals surface area contributed by atoms with Crippen LogP contribution in [0, 0.1) is 13.8 Å². The summed E-state index contributed by atoms with van der Waals surface area (Å²) in [7, 11) is 0. The van der Waals surface area contributed by atoms with Crippen molar-refractivity contribution in [3.8, 4) is 0 Å². The fourth-order valence-electron chi connectivity index (χ4n) is 5.49. The molecule has 0 atom stereocenters. The highest BCUT2D eigenvalue weighted by Crippen LogP contribution is 2.45. The van der Waals surface area contributed by atoms with Gasteiger partial charge in [-0.25, -0.2) is 0 Å². The van der Waals surface area contributed by atoms with Crippen molar-refractivity contribution in [3.63, 3.8) is 0 Å². The normalized spacial score (nSPS) is 14.5. The molecular formula is C30H26O. The number of aryl methyl sites for hydroxylation is 2. The van der Waals surface area contributed by atoms with Gasteiger partial charge in [-0.05, 0) is 69.4 Å². The second-order valence-electron chi connectivity index (χ2n) is 9.62. The van der Waals surface area contributed by atoms with Crippen LogP contribution in [0.5, 0.6) is 0 Å². The second kappa shape index (κ2) is 6.11. The van der Waals surface area contributed by atoms with Crippen LogP contribution in [0.15, 0.2) is 71.1 Å². The SMILES string of the molecule is [2H]C([2H])([2H])c1cc(C)c(C(C)(C)C)c2oc3ccc4c5ccccc5c5ccccc5c4c3c12. The second-order valence-corrected chi connectivity index (χ2v) is 9.62. The Kier molecular flexibility index (Phi) is 3.05. The molecule has 0 fully saturated rings. The minimum atomic E-state index is -2.26. The van der Waals surface area contributed by atoms with Gasteiger partial charge in [0.1, 0.15) is 11.2 Å². The predicted octanol–water partition coefficient (Wildman–Crippen LogP) is 8.96. The Labute approximate surface area is 186 Å². The van der Waals surface area contributed by atoms with E-state index in [-0.39, 0.29) is 5.41 Å². The summed E-state index contributed by atoms with van der Waals surface area (Å²) >= 11 is 0. The summed E-state index contributed by atoms with van der Waals surface area (Å²) < 4.78 is 31.7. The van der Waals surface area contributed by atoms with E-state index in [4.69, 9.17) is 8.53 Å². The largest absolute Gasteiger partial charge is 0.456 e. The van der Waals surface area contributed by atoms with Gasteiger partial charge in [0.2, 0.25) is 0 Å². The van der Waals surface area contributed by atoms with E-state index in [0.717, 1.165) is 54.4 Å². The molecule has 0 N–H and O–H groups in total. The zero-order valence-corrected chi connectivity index (χ0v) is 18.3. The summed E-state index contributed by atoms with van der Waals surface area (Å²) in [6.45, 7) is 6.18. The van der Waals surface area contributed by atoms with Crippen LogP contribution in [0.2, 0.25) is 0 Å². The summed E-state index contributed by atoms with van der Waals surface area (Å²) in [6.07, 6.45) is 0. The third kappa shape index (κ3) is 2.44. The maximum absolute atomic E-state index is 8.39. The highest BCUT2D eigenvalue weighted by Gasteiger charge is 2.25. The van der Waals surface area contributed by atoms with Gasteiger partial charge in [0.05, 0.1) is 0 Å². The molecule has 0 amide bonds. The average Bonchev–Trinajstić information content (AvgIpc) is 3.15. The molecule has 5 aromatic carbocycles. The Hall–Kier alpha value is -3.32. The fourth-order valence-corrected chi connectivity index (χ4v) is 5.49. The minimum absolute atomic E-state index is 0.200. The van der Waals surface area contributed by atoms with E-state index in [9.17, 15) is 0 Å². The van der Waals surface area contributed by atoms with Gasteiger partial charge in [-0.2, -0.15) is 0 Å². The van der Waals surface area contributed by atoms with Crippen molar-refractivity contribution in [3.05, 3.63) is 83.4 Å². The number of benzene rings is 5. The van der Waals surface area contributed by atoms with Gasteiger partial charge in [-0.3, -0.25) is 0 Å². The Morgan fingerprint density at radius 2 is 1.26 bits per heavy atom. The van der Waals surface area contributed by atoms with Gasteiger partial charge in [-0.1, -0.05) is 75.4 Å². The Morgan fingerprint density at radius 3 is 1.87 bits per heavy atom. The van der Waals surface area contributed by atoms with Gasteiger partial charge in [0, 0.05) is 25.8 Å². The Morgan fingerprint density at radius 1 is 0.677 bits per heavy atom. The van der Waals surface area contributed by atoms with Gasteiger partial charge in [-0.15, -0.1) is 0 Å². The van der Waals surface area contributed by atoms with Gasteiger partial charge >= 0.3 is 0 Å². The van der Waals surface area contributed by atoms with E-state index in [0.29, 0.717) is 11.1 Å². The standard InChI is InChI=1S/C30H26O/c1-17-16-18(2)28(30(3,4)5)29-25(17)27-24(31-29)15-14-23-21-12-7-6-10-19(21)20-11-8-9-13-22(20)26(23)27/h6-16H,1-5H3/i1D3. The molecule has 1 heterocycles. The van der Waals surface area contributed by atoms with Crippen LogP contribution < -0.4 is 0 Å². The van der Waals surface area contributed by atoms with Crippen LogP contribution in [-0.4, -0.2) is 0 Å². The summed E-state index contributed by atoms with van der Waals surface area (Å²) in [6, 6.07) is 22.8. The van der Waals surface area contributed by atoms with Gasteiger partial charge in [0.15, 0.2) is 0 Å². The lowest BCUT2D eigenvalue weighted by Gasteiger charge is -2.22. The summed E-state index contributed by atoms with van der Waals surface area (Å²) in [5, 5.41) is 8.40. The molecule has 1 nitrogen and oxygen atoms in total. The van der Waals surface area contributed by atoms with Crippen molar-refractivity contribution in [2.24, 2.45) is 0 Å². The molecule has 0 unspecified atom stereocenters. The zero-order valence-electron chi connectivity index (χ0n) is 21.3. The first-order valence-electron chi connectivity index (χ1n) is 12.3. The number of hydrogen-bond donors (Lipinski definition) is 0. The van der Waals surface area contributed by atoms with E-state index in [2.05, 4.69) is 69.3 Å². The van der Waals surface area contributed by atoms with Crippen molar-refractivity contribution in [2.75, 3.05) is 0 Å². The minimum Gasteiger partial charge on any atom is -0.456 e. The monoisotopic (exact) mass is 405 g/mol. The Balaban J connectivity index is 2.00. The highest BCUT2D eigenvalue weighted by molar-refractivity contribution is 6.34. The summed E-state index contributed by atoms with van der Waals surface area (Å²) in [4.78, 5) is 0. The molecule has 0 saturated carbocycles. The number of fused-ring (bicyclic) bond motifs is 10.